The van der Waals surface area contributed by atoms with Crippen LogP contribution in [0.5, 0.6) is 0 Å². The molecular weight excluding hydrogens is 331 g/mol. The van der Waals surface area contributed by atoms with Gasteiger partial charge in [-0.3, -0.25) is 14.4 Å². The van der Waals surface area contributed by atoms with Crippen LogP contribution in [0.15, 0.2) is 23.1 Å². The number of ketones is 1. The Labute approximate surface area is 145 Å². The second kappa shape index (κ2) is 9.42. The molecular formula is C17H23FN2O3S. The van der Waals surface area contributed by atoms with Crippen LogP contribution in [-0.2, 0) is 9.59 Å². The average molecular weight is 354 g/mol. The van der Waals surface area contributed by atoms with Gasteiger partial charge in [0.1, 0.15) is 11.9 Å². The maximum atomic E-state index is 13.9. The van der Waals surface area contributed by atoms with E-state index in [1.807, 2.05) is 13.8 Å². The largest absolute Gasteiger partial charge is 0.352 e. The Morgan fingerprint density at radius 1 is 1.21 bits per heavy atom. The Kier molecular flexibility index (Phi) is 7.91. The van der Waals surface area contributed by atoms with Crippen molar-refractivity contribution >= 4 is 29.4 Å². The summed E-state index contributed by atoms with van der Waals surface area (Å²) in [5, 5.41) is 5.36. The van der Waals surface area contributed by atoms with E-state index < -0.39 is 11.9 Å². The first-order valence-corrected chi connectivity index (χ1v) is 8.76. The topological polar surface area (TPSA) is 75.3 Å². The molecule has 0 aliphatic rings. The van der Waals surface area contributed by atoms with Crippen LogP contribution < -0.4 is 10.6 Å². The summed E-state index contributed by atoms with van der Waals surface area (Å²) in [5.74, 6) is -1.38. The highest BCUT2D eigenvalue weighted by molar-refractivity contribution is 8.00. The van der Waals surface area contributed by atoms with Crippen molar-refractivity contribution < 1.29 is 18.8 Å². The zero-order valence-corrected chi connectivity index (χ0v) is 15.1. The molecule has 0 spiro atoms. The van der Waals surface area contributed by atoms with E-state index in [9.17, 15) is 18.8 Å². The number of thioether (sulfide) groups is 1. The summed E-state index contributed by atoms with van der Waals surface area (Å²) in [7, 11) is 0. The molecule has 0 radical (unpaired) electrons. The Hall–Kier alpha value is -1.89. The molecule has 2 atom stereocenters. The first-order chi connectivity index (χ1) is 11.2. The number of Topliss-reactive ketones (excluding diaryl/α,β-unsaturated/α-hetero) is 1. The highest BCUT2D eigenvalue weighted by atomic mass is 32.2. The molecule has 7 heteroatoms. The molecule has 132 valence electrons. The van der Waals surface area contributed by atoms with Gasteiger partial charge in [0, 0.05) is 16.5 Å². The van der Waals surface area contributed by atoms with E-state index in [1.165, 1.54) is 19.1 Å². The van der Waals surface area contributed by atoms with Gasteiger partial charge in [0.15, 0.2) is 5.78 Å². The van der Waals surface area contributed by atoms with Crippen LogP contribution in [0.2, 0.25) is 0 Å². The maximum Gasteiger partial charge on any atom is 0.242 e. The van der Waals surface area contributed by atoms with Gasteiger partial charge in [0.25, 0.3) is 0 Å². The molecule has 1 aromatic carbocycles. The zero-order chi connectivity index (χ0) is 18.3. The van der Waals surface area contributed by atoms with Crippen LogP contribution in [0.1, 0.15) is 44.5 Å². The van der Waals surface area contributed by atoms with Gasteiger partial charge in [-0.1, -0.05) is 13.0 Å². The van der Waals surface area contributed by atoms with E-state index in [0.29, 0.717) is 0 Å². The highest BCUT2D eigenvalue weighted by Crippen LogP contribution is 2.22. The lowest BCUT2D eigenvalue weighted by Gasteiger charge is -2.17. The van der Waals surface area contributed by atoms with Crippen molar-refractivity contribution in [2.75, 3.05) is 5.75 Å². The maximum absolute atomic E-state index is 13.9. The van der Waals surface area contributed by atoms with Crippen molar-refractivity contribution in [1.82, 2.24) is 10.6 Å². The summed E-state index contributed by atoms with van der Waals surface area (Å²) in [4.78, 5) is 35.2. The van der Waals surface area contributed by atoms with E-state index >= 15 is 0 Å². The Balaban J connectivity index is 2.51. The van der Waals surface area contributed by atoms with Gasteiger partial charge in [-0.15, -0.1) is 11.8 Å². The predicted molar refractivity (Wildman–Crippen MR) is 92.6 cm³/mol. The van der Waals surface area contributed by atoms with Gasteiger partial charge >= 0.3 is 0 Å². The summed E-state index contributed by atoms with van der Waals surface area (Å²) >= 11 is 1.02. The Morgan fingerprint density at radius 3 is 2.42 bits per heavy atom. The van der Waals surface area contributed by atoms with Crippen LogP contribution in [0.25, 0.3) is 0 Å². The van der Waals surface area contributed by atoms with Gasteiger partial charge in [-0.2, -0.15) is 0 Å². The minimum Gasteiger partial charge on any atom is -0.352 e. The summed E-state index contributed by atoms with van der Waals surface area (Å²) in [5.41, 5.74) is 0.289. The second-order valence-electron chi connectivity index (χ2n) is 5.60. The van der Waals surface area contributed by atoms with Gasteiger partial charge < -0.3 is 10.6 Å². The molecule has 0 saturated heterocycles. The molecule has 0 aliphatic heterocycles. The molecule has 0 fully saturated rings. The summed E-state index contributed by atoms with van der Waals surface area (Å²) in [6.07, 6.45) is 0.803. The molecule has 0 saturated carbocycles. The van der Waals surface area contributed by atoms with Crippen LogP contribution in [-0.4, -0.2) is 35.4 Å². The highest BCUT2D eigenvalue weighted by Gasteiger charge is 2.17. The first kappa shape index (κ1) is 20.2. The third-order valence-corrected chi connectivity index (χ3v) is 4.52. The average Bonchev–Trinajstić information content (AvgIpc) is 2.53. The Morgan fingerprint density at radius 2 is 1.88 bits per heavy atom. The number of amides is 2. The van der Waals surface area contributed by atoms with Crippen molar-refractivity contribution in [2.24, 2.45) is 0 Å². The smallest absolute Gasteiger partial charge is 0.242 e. The molecule has 1 aromatic rings. The molecule has 2 amide bonds. The number of nitrogens with one attached hydrogen (secondary N) is 2. The first-order valence-electron chi connectivity index (χ1n) is 7.77. The number of carbonyl (C=O) groups is 3. The van der Waals surface area contributed by atoms with Crippen LogP contribution in [0, 0.1) is 5.82 Å². The molecule has 2 N–H and O–H groups in total. The van der Waals surface area contributed by atoms with E-state index in [2.05, 4.69) is 10.6 Å². The second-order valence-corrected chi connectivity index (χ2v) is 6.61. The molecule has 24 heavy (non-hydrogen) atoms. The summed E-state index contributed by atoms with van der Waals surface area (Å²) in [6.45, 7) is 6.80. The SMILES string of the molecule is CCC(C)NC(=O)C(C)NC(=O)CSc1ccc(C(C)=O)cc1F. The number of halogens is 1. The number of hydrogen-bond acceptors (Lipinski definition) is 4. The van der Waals surface area contributed by atoms with E-state index in [-0.39, 0.29) is 39.9 Å². The molecule has 0 aromatic heterocycles. The summed E-state index contributed by atoms with van der Waals surface area (Å²) < 4.78 is 13.9. The van der Waals surface area contributed by atoms with Crippen molar-refractivity contribution in [3.8, 4) is 0 Å². The van der Waals surface area contributed by atoms with Crippen molar-refractivity contribution in [2.45, 2.75) is 51.1 Å². The van der Waals surface area contributed by atoms with Crippen LogP contribution in [0.4, 0.5) is 4.39 Å². The molecule has 5 nitrogen and oxygen atoms in total. The number of carbonyl (C=O) groups excluding carboxylic acids is 3. The van der Waals surface area contributed by atoms with E-state index in [4.69, 9.17) is 0 Å². The van der Waals surface area contributed by atoms with Gasteiger partial charge in [-0.05, 0) is 39.3 Å². The van der Waals surface area contributed by atoms with Crippen molar-refractivity contribution in [1.29, 1.82) is 0 Å². The fourth-order valence-corrected chi connectivity index (χ4v) is 2.53. The number of benzene rings is 1. The molecule has 0 aliphatic carbocycles. The normalized spacial score (nSPS) is 13.0. The van der Waals surface area contributed by atoms with Gasteiger partial charge in [0.2, 0.25) is 11.8 Å². The molecule has 1 rings (SSSR count). The lowest BCUT2D eigenvalue weighted by Crippen LogP contribution is -2.47. The fraction of sp³-hybridized carbons (Fsp3) is 0.471. The van der Waals surface area contributed by atoms with Crippen LogP contribution in [0.3, 0.4) is 0 Å². The predicted octanol–water partition coefficient (Wildman–Crippen LogP) is 2.54. The molecule has 0 bridgehead atoms. The lowest BCUT2D eigenvalue weighted by molar-refractivity contribution is -0.127. The van der Waals surface area contributed by atoms with Gasteiger partial charge in [-0.25, -0.2) is 4.39 Å². The monoisotopic (exact) mass is 354 g/mol. The minimum absolute atomic E-state index is 0.0166. The third kappa shape index (κ3) is 6.31. The van der Waals surface area contributed by atoms with E-state index in [0.717, 1.165) is 24.2 Å². The van der Waals surface area contributed by atoms with Crippen molar-refractivity contribution in [3.63, 3.8) is 0 Å². The lowest BCUT2D eigenvalue weighted by atomic mass is 10.1. The minimum atomic E-state index is -0.656. The quantitative estimate of drug-likeness (QED) is 0.556. The van der Waals surface area contributed by atoms with Crippen LogP contribution >= 0.6 is 11.8 Å². The molecule has 2 unspecified atom stereocenters. The Bertz CT molecular complexity index is 622. The third-order valence-electron chi connectivity index (χ3n) is 3.47. The summed E-state index contributed by atoms with van der Waals surface area (Å²) in [6, 6.07) is 3.54. The molecule has 0 heterocycles. The zero-order valence-electron chi connectivity index (χ0n) is 14.3. The number of hydrogen-bond donors (Lipinski definition) is 2. The number of rotatable bonds is 8. The van der Waals surface area contributed by atoms with Gasteiger partial charge in [0.05, 0.1) is 5.75 Å². The standard InChI is InChI=1S/C17H23FN2O3S/c1-5-10(2)19-17(23)11(3)20-16(22)9-24-15-7-6-13(12(4)21)8-14(15)18/h6-8,10-11H,5,9H2,1-4H3,(H,19,23)(H,20,22). The fourth-order valence-electron chi connectivity index (χ4n) is 1.80. The van der Waals surface area contributed by atoms with E-state index in [1.54, 1.807) is 6.92 Å². The van der Waals surface area contributed by atoms with Crippen molar-refractivity contribution in [3.05, 3.63) is 29.6 Å².